The summed E-state index contributed by atoms with van der Waals surface area (Å²) in [6.45, 7) is 34.6. The van der Waals surface area contributed by atoms with Gasteiger partial charge in [0.1, 0.15) is 11.5 Å². The monoisotopic (exact) mass is 899 g/mol. The van der Waals surface area contributed by atoms with E-state index in [9.17, 15) is 0 Å². The quantitative estimate of drug-likeness (QED) is 0.164. The topological polar surface area (TPSA) is 15.7 Å². The van der Waals surface area contributed by atoms with Crippen LogP contribution in [0.2, 0.25) is 0 Å². The van der Waals surface area contributed by atoms with Crippen molar-refractivity contribution in [2.45, 2.75) is 131 Å². The van der Waals surface area contributed by atoms with Gasteiger partial charge in [-0.05, 0) is 138 Å². The standard InChI is InChI=1S/C62H67BN2OS/c1-58(2,3)38-20-26-43(27-21-38)64(44-28-22-39(23-29-44)59(4,5)6)48-32-33-49(57-55(48)45-18-16-17-19-54(45)67-57)65-50-34-40(60(7,8)9)24-30-46(50)63-47-31-25-41(61(10,11)12)36-52(47)66-53-37-42(62(13,14)15)35-51(65)56(53)63/h16-37H,1-15H3. The lowest BCUT2D eigenvalue weighted by molar-refractivity contribution is 0.479. The van der Waals surface area contributed by atoms with E-state index in [1.165, 1.54) is 87.1 Å². The first-order chi connectivity index (χ1) is 31.4. The first kappa shape index (κ1) is 45.0. The van der Waals surface area contributed by atoms with E-state index in [2.05, 4.69) is 247 Å². The van der Waals surface area contributed by atoms with Crippen LogP contribution in [0.5, 0.6) is 11.5 Å². The van der Waals surface area contributed by atoms with E-state index >= 15 is 0 Å². The predicted octanol–water partition coefficient (Wildman–Crippen LogP) is 16.4. The SMILES string of the molecule is CC(C)(C)c1ccc(N(c2ccc(C(C)(C)C)cc2)c2ccc(N3c4cc(C(C)(C)C)ccc4B4c5ccc(C(C)(C)C)cc5Oc5cc(C(C)(C)C)cc3c54)c3sc4ccccc4c23)cc1. The Morgan fingerprint density at radius 3 is 1.51 bits per heavy atom. The van der Waals surface area contributed by atoms with Crippen LogP contribution in [0.1, 0.15) is 132 Å². The van der Waals surface area contributed by atoms with Gasteiger partial charge >= 0.3 is 0 Å². The van der Waals surface area contributed by atoms with Crippen molar-refractivity contribution in [2.75, 3.05) is 9.80 Å². The van der Waals surface area contributed by atoms with Crippen molar-refractivity contribution >= 4 is 88.7 Å². The van der Waals surface area contributed by atoms with Gasteiger partial charge in [0.15, 0.2) is 0 Å². The second kappa shape index (κ2) is 15.4. The maximum atomic E-state index is 7.19. The van der Waals surface area contributed by atoms with Gasteiger partial charge in [0.2, 0.25) is 0 Å². The van der Waals surface area contributed by atoms with Gasteiger partial charge in [0.25, 0.3) is 6.71 Å². The van der Waals surface area contributed by atoms with Crippen LogP contribution in [-0.2, 0) is 27.1 Å². The highest BCUT2D eigenvalue weighted by molar-refractivity contribution is 7.26. The molecule has 8 aromatic rings. The number of fused-ring (bicyclic) bond motifs is 7. The van der Waals surface area contributed by atoms with Crippen LogP contribution in [0.25, 0.3) is 20.2 Å². The molecule has 0 saturated carbocycles. The van der Waals surface area contributed by atoms with Gasteiger partial charge in [-0.25, -0.2) is 0 Å². The van der Waals surface area contributed by atoms with Gasteiger partial charge in [0.05, 0.1) is 16.1 Å². The second-order valence-corrected chi connectivity index (χ2v) is 25.4. The maximum Gasteiger partial charge on any atom is 0.256 e. The number of benzene rings is 7. The third kappa shape index (κ3) is 7.76. The van der Waals surface area contributed by atoms with Crippen molar-refractivity contribution in [1.29, 1.82) is 0 Å². The predicted molar refractivity (Wildman–Crippen MR) is 293 cm³/mol. The second-order valence-electron chi connectivity index (χ2n) is 24.4. The molecule has 67 heavy (non-hydrogen) atoms. The third-order valence-electron chi connectivity index (χ3n) is 14.3. The Morgan fingerprint density at radius 2 is 0.940 bits per heavy atom. The molecule has 340 valence electrons. The molecule has 0 N–H and O–H groups in total. The Morgan fingerprint density at radius 1 is 0.448 bits per heavy atom. The highest BCUT2D eigenvalue weighted by Crippen LogP contribution is 2.53. The van der Waals surface area contributed by atoms with Crippen molar-refractivity contribution in [3.05, 3.63) is 161 Å². The summed E-state index contributed by atoms with van der Waals surface area (Å²) in [5.74, 6) is 1.91. The lowest BCUT2D eigenvalue weighted by Crippen LogP contribution is -2.59. The number of nitrogens with zero attached hydrogens (tertiary/aromatic N) is 2. The lowest BCUT2D eigenvalue weighted by atomic mass is 9.34. The molecule has 0 amide bonds. The van der Waals surface area contributed by atoms with Crippen LogP contribution in [0.15, 0.2) is 133 Å². The molecule has 0 spiro atoms. The van der Waals surface area contributed by atoms with E-state index in [4.69, 9.17) is 4.74 Å². The highest BCUT2D eigenvalue weighted by Gasteiger charge is 2.44. The van der Waals surface area contributed by atoms with Gasteiger partial charge in [-0.15, -0.1) is 11.3 Å². The molecule has 0 bridgehead atoms. The molecule has 3 nitrogen and oxygen atoms in total. The Hall–Kier alpha value is -5.78. The average molecular weight is 899 g/mol. The summed E-state index contributed by atoms with van der Waals surface area (Å²) in [5.41, 5.74) is 17.2. The Bertz CT molecular complexity index is 3170. The van der Waals surface area contributed by atoms with Gasteiger partial charge in [-0.2, -0.15) is 0 Å². The molecule has 2 aliphatic heterocycles. The first-order valence-electron chi connectivity index (χ1n) is 24.3. The van der Waals surface area contributed by atoms with Crippen LogP contribution in [0.3, 0.4) is 0 Å². The molecule has 7 aromatic carbocycles. The highest BCUT2D eigenvalue weighted by atomic mass is 32.1. The number of ether oxygens (including phenoxy) is 1. The van der Waals surface area contributed by atoms with E-state index in [-0.39, 0.29) is 33.8 Å². The van der Waals surface area contributed by atoms with Crippen LogP contribution in [0.4, 0.5) is 34.1 Å². The minimum atomic E-state index is -0.126. The van der Waals surface area contributed by atoms with Gasteiger partial charge < -0.3 is 14.5 Å². The maximum absolute atomic E-state index is 7.19. The fourth-order valence-electron chi connectivity index (χ4n) is 10.2. The third-order valence-corrected chi connectivity index (χ3v) is 15.5. The van der Waals surface area contributed by atoms with Crippen molar-refractivity contribution < 1.29 is 4.74 Å². The van der Waals surface area contributed by atoms with E-state index in [1.807, 2.05) is 11.3 Å². The molecule has 3 heterocycles. The minimum absolute atomic E-state index is 0.0108. The minimum Gasteiger partial charge on any atom is -0.458 e. The van der Waals surface area contributed by atoms with E-state index in [1.54, 1.807) is 0 Å². The van der Waals surface area contributed by atoms with Gasteiger partial charge in [0, 0.05) is 38.2 Å². The summed E-state index contributed by atoms with van der Waals surface area (Å²) in [5, 5.41) is 2.52. The zero-order chi connectivity index (χ0) is 47.7. The summed E-state index contributed by atoms with van der Waals surface area (Å²) in [6, 6.07) is 51.4. The van der Waals surface area contributed by atoms with Crippen LogP contribution in [0, 0.1) is 0 Å². The van der Waals surface area contributed by atoms with Gasteiger partial charge in [-0.3, -0.25) is 0 Å². The molecular formula is C62H67BN2OS. The molecule has 0 unspecified atom stereocenters. The number of thiophene rings is 1. The number of anilines is 6. The molecule has 0 aliphatic carbocycles. The summed E-state index contributed by atoms with van der Waals surface area (Å²) < 4.78 is 9.71. The number of hydrogen-bond acceptors (Lipinski definition) is 4. The van der Waals surface area contributed by atoms with Crippen LogP contribution < -0.4 is 30.9 Å². The molecule has 5 heteroatoms. The van der Waals surface area contributed by atoms with E-state index < -0.39 is 0 Å². The van der Waals surface area contributed by atoms with Crippen molar-refractivity contribution in [1.82, 2.24) is 0 Å². The molecular weight excluding hydrogens is 832 g/mol. The molecule has 10 rings (SSSR count). The molecule has 0 fully saturated rings. The largest absolute Gasteiger partial charge is 0.458 e. The van der Waals surface area contributed by atoms with Crippen molar-refractivity contribution in [3.63, 3.8) is 0 Å². The summed E-state index contributed by atoms with van der Waals surface area (Å²) in [6.07, 6.45) is 0. The summed E-state index contributed by atoms with van der Waals surface area (Å²) in [4.78, 5) is 5.09. The summed E-state index contributed by atoms with van der Waals surface area (Å²) in [7, 11) is 0. The normalized spacial score (nSPS) is 14.0. The van der Waals surface area contributed by atoms with E-state index in [0.717, 1.165) is 22.9 Å². The molecule has 0 atom stereocenters. The van der Waals surface area contributed by atoms with Gasteiger partial charge in [-0.1, -0.05) is 171 Å². The smallest absolute Gasteiger partial charge is 0.256 e. The van der Waals surface area contributed by atoms with Crippen LogP contribution in [-0.4, -0.2) is 6.71 Å². The number of hydrogen-bond donors (Lipinski definition) is 0. The van der Waals surface area contributed by atoms with E-state index in [0.29, 0.717) is 0 Å². The molecule has 0 saturated heterocycles. The zero-order valence-corrected chi connectivity index (χ0v) is 43.3. The average Bonchev–Trinajstić information content (AvgIpc) is 3.65. The van der Waals surface area contributed by atoms with Crippen molar-refractivity contribution in [2.24, 2.45) is 0 Å². The van der Waals surface area contributed by atoms with Crippen LogP contribution >= 0.6 is 11.3 Å². The lowest BCUT2D eigenvalue weighted by Gasteiger charge is -2.42. The van der Waals surface area contributed by atoms with Crippen molar-refractivity contribution in [3.8, 4) is 11.5 Å². The Kier molecular flexibility index (Phi) is 10.3. The molecule has 0 radical (unpaired) electrons. The first-order valence-corrected chi connectivity index (χ1v) is 25.1. The molecule has 1 aromatic heterocycles. The fourth-order valence-corrected chi connectivity index (χ4v) is 11.4. The Balaban J connectivity index is 1.28. The zero-order valence-electron chi connectivity index (χ0n) is 42.5. The Labute approximate surface area is 404 Å². The summed E-state index contributed by atoms with van der Waals surface area (Å²) >= 11 is 1.90. The number of rotatable bonds is 4. The molecule has 2 aliphatic rings. The fraction of sp³-hybridized carbons (Fsp3) is 0.323.